The van der Waals surface area contributed by atoms with Crippen LogP contribution in [0.1, 0.15) is 27.9 Å². The van der Waals surface area contributed by atoms with Crippen molar-refractivity contribution in [3.63, 3.8) is 0 Å². The van der Waals surface area contributed by atoms with Gasteiger partial charge in [-0.15, -0.1) is 0 Å². The van der Waals surface area contributed by atoms with Crippen LogP contribution < -0.4 is 0 Å². The number of hydrogen-bond donors (Lipinski definition) is 0. The lowest BCUT2D eigenvalue weighted by Crippen LogP contribution is -2.08. The van der Waals surface area contributed by atoms with E-state index in [1.54, 1.807) is 7.11 Å². The molecule has 3 heteroatoms. The number of methoxy groups -OCH3 is 1. The number of aryl methyl sites for hydroxylation is 2. The molecule has 0 atom stereocenters. The summed E-state index contributed by atoms with van der Waals surface area (Å²) >= 11 is 0. The molecule has 94 valence electrons. The van der Waals surface area contributed by atoms with E-state index >= 15 is 0 Å². The van der Waals surface area contributed by atoms with Crippen molar-refractivity contribution < 1.29 is 14.3 Å². The maximum absolute atomic E-state index is 11.8. The van der Waals surface area contributed by atoms with Crippen LogP contribution in [0.3, 0.4) is 0 Å². The van der Waals surface area contributed by atoms with Gasteiger partial charge < -0.3 is 9.47 Å². The minimum Gasteiger partial charge on any atom is -0.382 e. The van der Waals surface area contributed by atoms with E-state index in [0.717, 1.165) is 11.1 Å². The first kappa shape index (κ1) is 13.9. The van der Waals surface area contributed by atoms with Gasteiger partial charge >= 0.3 is 0 Å². The Labute approximate surface area is 103 Å². The molecule has 0 aliphatic carbocycles. The van der Waals surface area contributed by atoms with Crippen LogP contribution in [0.25, 0.3) is 0 Å². The standard InChI is InChI=1S/C14H20O3/c1-11-4-5-13(10-12(11)2)14(15)6-7-17-9-8-16-3/h4-5,10H,6-9H2,1-3H3. The molecule has 1 rings (SSSR count). The molecule has 0 amide bonds. The Morgan fingerprint density at radius 3 is 2.53 bits per heavy atom. The zero-order valence-corrected chi connectivity index (χ0v) is 10.8. The van der Waals surface area contributed by atoms with Gasteiger partial charge in [0, 0.05) is 19.1 Å². The van der Waals surface area contributed by atoms with E-state index in [9.17, 15) is 4.79 Å². The number of rotatable bonds is 7. The van der Waals surface area contributed by atoms with Crippen molar-refractivity contribution in [1.29, 1.82) is 0 Å². The van der Waals surface area contributed by atoms with Crippen molar-refractivity contribution in [3.8, 4) is 0 Å². The second kappa shape index (κ2) is 7.20. The van der Waals surface area contributed by atoms with Gasteiger partial charge in [0.1, 0.15) is 0 Å². The molecule has 0 spiro atoms. The third-order valence-electron chi connectivity index (χ3n) is 2.73. The van der Waals surface area contributed by atoms with Gasteiger partial charge in [-0.3, -0.25) is 4.79 Å². The summed E-state index contributed by atoms with van der Waals surface area (Å²) in [6.45, 7) is 5.61. The highest BCUT2D eigenvalue weighted by atomic mass is 16.5. The molecule has 0 bridgehead atoms. The van der Waals surface area contributed by atoms with E-state index in [-0.39, 0.29) is 5.78 Å². The van der Waals surface area contributed by atoms with Crippen LogP contribution in [0.5, 0.6) is 0 Å². The number of hydrogen-bond acceptors (Lipinski definition) is 3. The smallest absolute Gasteiger partial charge is 0.165 e. The quantitative estimate of drug-likeness (QED) is 0.539. The molecule has 0 unspecified atom stereocenters. The van der Waals surface area contributed by atoms with Crippen LogP contribution in [0.15, 0.2) is 18.2 Å². The van der Waals surface area contributed by atoms with Crippen molar-refractivity contribution >= 4 is 5.78 Å². The Morgan fingerprint density at radius 2 is 1.88 bits per heavy atom. The van der Waals surface area contributed by atoms with Gasteiger partial charge in [-0.1, -0.05) is 12.1 Å². The lowest BCUT2D eigenvalue weighted by molar-refractivity contribution is 0.0641. The zero-order chi connectivity index (χ0) is 12.7. The molecule has 0 aliphatic heterocycles. The first-order chi connectivity index (χ1) is 8.15. The van der Waals surface area contributed by atoms with E-state index in [0.29, 0.717) is 26.2 Å². The molecule has 3 nitrogen and oxygen atoms in total. The van der Waals surface area contributed by atoms with Gasteiger partial charge in [-0.05, 0) is 31.0 Å². The predicted octanol–water partition coefficient (Wildman–Crippen LogP) is 2.54. The minimum absolute atomic E-state index is 0.130. The normalized spacial score (nSPS) is 10.5. The highest BCUT2D eigenvalue weighted by Crippen LogP contribution is 2.11. The molecule has 0 saturated heterocycles. The molecule has 0 radical (unpaired) electrons. The lowest BCUT2D eigenvalue weighted by atomic mass is 10.0. The SMILES string of the molecule is COCCOCCC(=O)c1ccc(C)c(C)c1. The molecule has 17 heavy (non-hydrogen) atoms. The average molecular weight is 236 g/mol. The Hall–Kier alpha value is -1.19. The fourth-order valence-electron chi connectivity index (χ4n) is 1.47. The van der Waals surface area contributed by atoms with E-state index in [1.807, 2.05) is 32.0 Å². The third kappa shape index (κ3) is 4.67. The summed E-state index contributed by atoms with van der Waals surface area (Å²) < 4.78 is 10.1. The van der Waals surface area contributed by atoms with Crippen molar-refractivity contribution in [3.05, 3.63) is 34.9 Å². The van der Waals surface area contributed by atoms with Crippen molar-refractivity contribution in [1.82, 2.24) is 0 Å². The number of Topliss-reactive ketones (excluding diaryl/α,β-unsaturated/α-hetero) is 1. The number of ketones is 1. The molecule has 0 heterocycles. The molecule has 0 N–H and O–H groups in total. The van der Waals surface area contributed by atoms with Gasteiger partial charge in [-0.2, -0.15) is 0 Å². The van der Waals surface area contributed by atoms with Crippen molar-refractivity contribution in [2.75, 3.05) is 26.9 Å². The Kier molecular flexibility index (Phi) is 5.87. The average Bonchev–Trinajstić information content (AvgIpc) is 2.32. The monoisotopic (exact) mass is 236 g/mol. The topological polar surface area (TPSA) is 35.5 Å². The number of carbonyl (C=O) groups excluding carboxylic acids is 1. The Balaban J connectivity index is 2.39. The van der Waals surface area contributed by atoms with Crippen LogP contribution in [-0.4, -0.2) is 32.7 Å². The molecule has 1 aromatic rings. The fraction of sp³-hybridized carbons (Fsp3) is 0.500. The summed E-state index contributed by atoms with van der Waals surface area (Å²) in [5.41, 5.74) is 3.12. The Bertz CT molecular complexity index is 372. The van der Waals surface area contributed by atoms with Gasteiger partial charge in [-0.25, -0.2) is 0 Å². The van der Waals surface area contributed by atoms with E-state index in [4.69, 9.17) is 9.47 Å². The van der Waals surface area contributed by atoms with Crippen LogP contribution >= 0.6 is 0 Å². The van der Waals surface area contributed by atoms with E-state index < -0.39 is 0 Å². The van der Waals surface area contributed by atoms with Crippen LogP contribution in [0.2, 0.25) is 0 Å². The van der Waals surface area contributed by atoms with Crippen LogP contribution in [0, 0.1) is 13.8 Å². The fourth-order valence-corrected chi connectivity index (χ4v) is 1.47. The van der Waals surface area contributed by atoms with Gasteiger partial charge in [0.25, 0.3) is 0 Å². The summed E-state index contributed by atoms with van der Waals surface area (Å²) in [7, 11) is 1.63. The summed E-state index contributed by atoms with van der Waals surface area (Å²) in [5, 5.41) is 0. The summed E-state index contributed by atoms with van der Waals surface area (Å²) in [4.78, 5) is 11.8. The number of ether oxygens (including phenoxy) is 2. The molecule has 1 aromatic carbocycles. The van der Waals surface area contributed by atoms with E-state index in [1.165, 1.54) is 5.56 Å². The maximum Gasteiger partial charge on any atom is 0.165 e. The first-order valence-corrected chi connectivity index (χ1v) is 5.82. The maximum atomic E-state index is 11.8. The highest BCUT2D eigenvalue weighted by Gasteiger charge is 2.06. The molecule has 0 aromatic heterocycles. The van der Waals surface area contributed by atoms with Crippen LogP contribution in [0.4, 0.5) is 0 Å². The molecule has 0 aliphatic rings. The molecular weight excluding hydrogens is 216 g/mol. The lowest BCUT2D eigenvalue weighted by Gasteiger charge is -2.05. The summed E-state index contributed by atoms with van der Waals surface area (Å²) in [6, 6.07) is 5.79. The third-order valence-corrected chi connectivity index (χ3v) is 2.73. The van der Waals surface area contributed by atoms with Crippen molar-refractivity contribution in [2.24, 2.45) is 0 Å². The van der Waals surface area contributed by atoms with Crippen LogP contribution in [-0.2, 0) is 9.47 Å². The number of benzene rings is 1. The summed E-state index contributed by atoms with van der Waals surface area (Å²) in [6.07, 6.45) is 0.423. The predicted molar refractivity (Wildman–Crippen MR) is 67.6 cm³/mol. The van der Waals surface area contributed by atoms with Gasteiger partial charge in [0.2, 0.25) is 0 Å². The second-order valence-corrected chi connectivity index (χ2v) is 4.08. The van der Waals surface area contributed by atoms with Gasteiger partial charge in [0.15, 0.2) is 5.78 Å². The van der Waals surface area contributed by atoms with E-state index in [2.05, 4.69) is 0 Å². The minimum atomic E-state index is 0.130. The largest absolute Gasteiger partial charge is 0.382 e. The molecule has 0 fully saturated rings. The molecular formula is C14H20O3. The first-order valence-electron chi connectivity index (χ1n) is 5.82. The number of carbonyl (C=O) groups is 1. The highest BCUT2D eigenvalue weighted by molar-refractivity contribution is 5.96. The van der Waals surface area contributed by atoms with Gasteiger partial charge in [0.05, 0.1) is 19.8 Å². The zero-order valence-electron chi connectivity index (χ0n) is 10.8. The Morgan fingerprint density at radius 1 is 1.12 bits per heavy atom. The van der Waals surface area contributed by atoms with Crippen molar-refractivity contribution in [2.45, 2.75) is 20.3 Å². The summed E-state index contributed by atoms with van der Waals surface area (Å²) in [5.74, 6) is 0.130. The molecule has 0 saturated carbocycles. The second-order valence-electron chi connectivity index (χ2n) is 4.08.